The first-order chi connectivity index (χ1) is 18.9. The Morgan fingerprint density at radius 1 is 0.474 bits per heavy atom. The standard InChI is InChI=1S/C35H23N2P/c1-3-13-24(14-4-1)38(25-15-5-2-6-16-25)33-23-30-26-17-7-10-20-29(26)35-36-31-21-11-12-22-32(31)37(35)34(30)28-19-9-8-18-27(28)33/h1-23H. The van der Waals surface area contributed by atoms with Crippen LogP contribution in [0.3, 0.4) is 0 Å². The van der Waals surface area contributed by atoms with Crippen LogP contribution >= 0.6 is 7.92 Å². The van der Waals surface area contributed by atoms with Crippen molar-refractivity contribution in [1.82, 2.24) is 9.38 Å². The fourth-order valence-electron chi connectivity index (χ4n) is 5.90. The third-order valence-electron chi connectivity index (χ3n) is 7.51. The fraction of sp³-hybridized carbons (Fsp3) is 0. The maximum atomic E-state index is 5.12. The third-order valence-corrected chi connectivity index (χ3v) is 9.99. The maximum absolute atomic E-state index is 5.12. The van der Waals surface area contributed by atoms with Crippen LogP contribution in [-0.4, -0.2) is 9.38 Å². The zero-order valence-corrected chi connectivity index (χ0v) is 21.5. The van der Waals surface area contributed by atoms with Crippen molar-refractivity contribution < 1.29 is 0 Å². The number of benzene rings is 6. The molecule has 0 bridgehead atoms. The molecule has 0 saturated carbocycles. The van der Waals surface area contributed by atoms with Gasteiger partial charge >= 0.3 is 0 Å². The Hall–Kier alpha value is -4.52. The highest BCUT2D eigenvalue weighted by Crippen LogP contribution is 2.41. The predicted molar refractivity (Wildman–Crippen MR) is 164 cm³/mol. The van der Waals surface area contributed by atoms with Crippen LogP contribution in [-0.2, 0) is 0 Å². The van der Waals surface area contributed by atoms with E-state index in [4.69, 9.17) is 4.98 Å². The van der Waals surface area contributed by atoms with Gasteiger partial charge in [0.05, 0.1) is 16.6 Å². The maximum Gasteiger partial charge on any atom is 0.146 e. The SMILES string of the molecule is c1ccc(P(c2ccccc2)c2cc3c4ccccc4c4nc5ccccc5n4c3c3ccccc23)cc1. The van der Waals surface area contributed by atoms with E-state index in [0.29, 0.717) is 0 Å². The summed E-state index contributed by atoms with van der Waals surface area (Å²) >= 11 is 0. The lowest BCUT2D eigenvalue weighted by molar-refractivity contribution is 1.32. The summed E-state index contributed by atoms with van der Waals surface area (Å²) in [5.41, 5.74) is 4.40. The summed E-state index contributed by atoms with van der Waals surface area (Å²) in [7, 11) is -0.766. The van der Waals surface area contributed by atoms with Gasteiger partial charge < -0.3 is 0 Å². The molecule has 8 rings (SSSR count). The molecule has 0 atom stereocenters. The number of aromatic nitrogens is 2. The van der Waals surface area contributed by atoms with Gasteiger partial charge in [0.2, 0.25) is 0 Å². The fourth-order valence-corrected chi connectivity index (χ4v) is 8.39. The first-order valence-electron chi connectivity index (χ1n) is 12.9. The molecule has 0 N–H and O–H groups in total. The van der Waals surface area contributed by atoms with E-state index in [1.807, 2.05) is 0 Å². The number of nitrogens with zero attached hydrogens (tertiary/aromatic N) is 2. The number of fused-ring (bicyclic) bond motifs is 10. The Labute approximate surface area is 221 Å². The van der Waals surface area contributed by atoms with E-state index >= 15 is 0 Å². The van der Waals surface area contributed by atoms with E-state index in [-0.39, 0.29) is 0 Å². The van der Waals surface area contributed by atoms with Gasteiger partial charge in [-0.3, -0.25) is 4.40 Å². The van der Waals surface area contributed by atoms with Crippen LogP contribution in [0.15, 0.2) is 140 Å². The van der Waals surface area contributed by atoms with E-state index in [0.717, 1.165) is 16.7 Å². The van der Waals surface area contributed by atoms with Crippen LogP contribution in [0.2, 0.25) is 0 Å². The molecule has 0 unspecified atom stereocenters. The second-order valence-corrected chi connectivity index (χ2v) is 11.8. The quantitative estimate of drug-likeness (QED) is 0.179. The lowest BCUT2D eigenvalue weighted by atomic mass is 10.0. The van der Waals surface area contributed by atoms with Crippen LogP contribution < -0.4 is 15.9 Å². The van der Waals surface area contributed by atoms with Crippen LogP contribution in [0, 0.1) is 0 Å². The zero-order valence-electron chi connectivity index (χ0n) is 20.6. The van der Waals surface area contributed by atoms with Crippen LogP contribution in [0.5, 0.6) is 0 Å². The van der Waals surface area contributed by atoms with Gasteiger partial charge in [0.1, 0.15) is 5.65 Å². The monoisotopic (exact) mass is 502 g/mol. The highest BCUT2D eigenvalue weighted by molar-refractivity contribution is 7.80. The first kappa shape index (κ1) is 21.6. The molecule has 0 saturated heterocycles. The summed E-state index contributed by atoms with van der Waals surface area (Å²) < 4.78 is 2.38. The zero-order chi connectivity index (χ0) is 25.1. The van der Waals surface area contributed by atoms with Gasteiger partial charge in [0, 0.05) is 16.2 Å². The van der Waals surface area contributed by atoms with Gasteiger partial charge in [-0.15, -0.1) is 0 Å². The van der Waals surface area contributed by atoms with Crippen molar-refractivity contribution in [1.29, 1.82) is 0 Å². The molecule has 6 aromatic carbocycles. The van der Waals surface area contributed by atoms with Crippen molar-refractivity contribution >= 4 is 73.0 Å². The molecular formula is C35H23N2P. The number of para-hydroxylation sites is 2. The van der Waals surface area contributed by atoms with Crippen LogP contribution in [0.4, 0.5) is 0 Å². The topological polar surface area (TPSA) is 17.3 Å². The number of imidazole rings is 1. The summed E-state index contributed by atoms with van der Waals surface area (Å²) in [5, 5.41) is 10.4. The van der Waals surface area contributed by atoms with E-state index in [1.165, 1.54) is 48.4 Å². The minimum Gasteiger partial charge on any atom is -0.291 e. The largest absolute Gasteiger partial charge is 0.291 e. The second-order valence-electron chi connectivity index (χ2n) is 9.65. The van der Waals surface area contributed by atoms with Crippen molar-refractivity contribution in [3.8, 4) is 0 Å². The molecule has 3 heteroatoms. The van der Waals surface area contributed by atoms with Gasteiger partial charge in [-0.25, -0.2) is 4.98 Å². The lowest BCUT2D eigenvalue weighted by Gasteiger charge is -2.23. The van der Waals surface area contributed by atoms with E-state index in [1.54, 1.807) is 0 Å². The van der Waals surface area contributed by atoms with Crippen LogP contribution in [0.25, 0.3) is 49.1 Å². The molecular weight excluding hydrogens is 479 g/mol. The van der Waals surface area contributed by atoms with Crippen molar-refractivity contribution in [2.45, 2.75) is 0 Å². The van der Waals surface area contributed by atoms with Crippen molar-refractivity contribution in [3.05, 3.63) is 140 Å². The molecule has 0 spiro atoms. The predicted octanol–water partition coefficient (Wildman–Crippen LogP) is 7.71. The average molecular weight is 503 g/mol. The summed E-state index contributed by atoms with van der Waals surface area (Å²) in [4.78, 5) is 5.12. The Bertz CT molecular complexity index is 2090. The molecule has 0 aliphatic heterocycles. The van der Waals surface area contributed by atoms with Gasteiger partial charge in [-0.05, 0) is 52.8 Å². The molecule has 2 heterocycles. The summed E-state index contributed by atoms with van der Waals surface area (Å²) in [5.74, 6) is 0. The van der Waals surface area contributed by atoms with Crippen molar-refractivity contribution in [2.24, 2.45) is 0 Å². The molecule has 0 radical (unpaired) electrons. The van der Waals surface area contributed by atoms with Gasteiger partial charge in [0.25, 0.3) is 0 Å². The Kier molecular flexibility index (Phi) is 4.83. The van der Waals surface area contributed by atoms with Gasteiger partial charge in [-0.1, -0.05) is 121 Å². The van der Waals surface area contributed by atoms with Crippen molar-refractivity contribution in [3.63, 3.8) is 0 Å². The molecule has 178 valence electrons. The molecule has 2 aromatic heterocycles. The average Bonchev–Trinajstić information content (AvgIpc) is 3.38. The number of hydrogen-bond donors (Lipinski definition) is 0. The Morgan fingerprint density at radius 3 is 1.74 bits per heavy atom. The van der Waals surface area contributed by atoms with Gasteiger partial charge in [0.15, 0.2) is 0 Å². The molecule has 0 amide bonds. The summed E-state index contributed by atoms with van der Waals surface area (Å²) in [6, 6.07) is 50.6. The summed E-state index contributed by atoms with van der Waals surface area (Å²) in [6.07, 6.45) is 0. The summed E-state index contributed by atoms with van der Waals surface area (Å²) in [6.45, 7) is 0. The van der Waals surface area contributed by atoms with E-state index < -0.39 is 7.92 Å². The lowest BCUT2D eigenvalue weighted by Crippen LogP contribution is -2.21. The molecule has 2 nitrogen and oxygen atoms in total. The second kappa shape index (κ2) is 8.52. The van der Waals surface area contributed by atoms with Crippen LogP contribution in [0.1, 0.15) is 0 Å². The van der Waals surface area contributed by atoms with Crippen molar-refractivity contribution in [2.75, 3.05) is 0 Å². The van der Waals surface area contributed by atoms with E-state index in [2.05, 4.69) is 144 Å². The number of hydrogen-bond acceptors (Lipinski definition) is 1. The minimum absolute atomic E-state index is 0.766. The Morgan fingerprint density at radius 2 is 1.03 bits per heavy atom. The highest BCUT2D eigenvalue weighted by Gasteiger charge is 2.23. The number of pyridine rings is 1. The molecule has 38 heavy (non-hydrogen) atoms. The number of rotatable bonds is 3. The highest BCUT2D eigenvalue weighted by atomic mass is 31.1. The van der Waals surface area contributed by atoms with Gasteiger partial charge in [-0.2, -0.15) is 0 Å². The smallest absolute Gasteiger partial charge is 0.146 e. The first-order valence-corrected chi connectivity index (χ1v) is 14.3. The Balaban J connectivity index is 1.61. The molecule has 0 aliphatic carbocycles. The normalized spacial score (nSPS) is 11.9. The minimum atomic E-state index is -0.766. The van der Waals surface area contributed by atoms with E-state index in [9.17, 15) is 0 Å². The third kappa shape index (κ3) is 3.14. The molecule has 0 aliphatic rings. The molecule has 8 aromatic rings. The molecule has 0 fully saturated rings.